The lowest BCUT2D eigenvalue weighted by Gasteiger charge is -2.60. The van der Waals surface area contributed by atoms with Crippen LogP contribution < -0.4 is 5.32 Å². The number of ketones is 2. The van der Waals surface area contributed by atoms with E-state index in [1.54, 1.807) is 19.9 Å². The van der Waals surface area contributed by atoms with Gasteiger partial charge >= 0.3 is 5.97 Å². The quantitative estimate of drug-likeness (QED) is 0.157. The zero-order valence-corrected chi connectivity index (χ0v) is 25.3. The average Bonchev–Trinajstić information content (AvgIpc) is 3.34. The van der Waals surface area contributed by atoms with E-state index in [0.29, 0.717) is 12.0 Å². The summed E-state index contributed by atoms with van der Waals surface area (Å²) in [4.78, 5) is 55.0. The number of allylic oxidation sites excluding steroid dienone is 4. The summed E-state index contributed by atoms with van der Waals surface area (Å²) in [6, 6.07) is 0. The van der Waals surface area contributed by atoms with Crippen LogP contribution in [0.3, 0.4) is 0 Å². The van der Waals surface area contributed by atoms with Crippen molar-refractivity contribution >= 4 is 23.4 Å². The first kappa shape index (κ1) is 32.8. The number of hydrogen-bond donors (Lipinski definition) is 4. The second-order valence-corrected chi connectivity index (χ2v) is 13.4. The van der Waals surface area contributed by atoms with Gasteiger partial charge in [0, 0.05) is 23.2 Å². The molecule has 3 unspecified atom stereocenters. The Bertz CT molecular complexity index is 1270. The lowest BCUT2D eigenvalue weighted by atomic mass is 9.46. The number of ether oxygens (including phenoxy) is 3. The number of nitrogens with zero attached hydrogens (tertiary/aromatic N) is 1. The van der Waals surface area contributed by atoms with E-state index < -0.39 is 76.8 Å². The van der Waals surface area contributed by atoms with Crippen LogP contribution in [0.1, 0.15) is 59.8 Å². The van der Waals surface area contributed by atoms with Gasteiger partial charge in [0.2, 0.25) is 11.7 Å². The molecule has 1 aliphatic heterocycles. The second kappa shape index (κ2) is 11.6. The summed E-state index contributed by atoms with van der Waals surface area (Å²) in [7, 11) is 0. The standard InChI is InChI=1S/C30H41FN2O11/c1-27(2)43-23-12-18-17-11-20(31)19-10-16(34)7-8-28(19,3)26(17)21(35)13-29(18,4)30(23,44-27)22(36)15-41-25(38)14-32-24(37)6-5-9-42-33(39)40/h7-8,10,17-18,20-21,23,26,35,39-40H,5-6,9,11-15H2,1-4H3,(H,32,37)/t17-,18?,20?,21-,23+,26?,28-,29-,30+/m0/s1. The maximum Gasteiger partial charge on any atom is 0.325 e. The lowest BCUT2D eigenvalue weighted by molar-refractivity contribution is -0.492. The first-order valence-corrected chi connectivity index (χ1v) is 15.0. The summed E-state index contributed by atoms with van der Waals surface area (Å²) in [5, 5.41) is 30.6. The van der Waals surface area contributed by atoms with E-state index in [-0.39, 0.29) is 55.8 Å². The zero-order valence-electron chi connectivity index (χ0n) is 25.3. The number of rotatable bonds is 10. The van der Waals surface area contributed by atoms with Crippen molar-refractivity contribution < 1.29 is 58.1 Å². The van der Waals surface area contributed by atoms with E-state index in [9.17, 15) is 24.3 Å². The number of nitrogens with one attached hydrogen (secondary N) is 1. The van der Waals surface area contributed by atoms with Crippen molar-refractivity contribution in [2.24, 2.45) is 28.6 Å². The van der Waals surface area contributed by atoms with Gasteiger partial charge in [-0.2, -0.15) is 0 Å². The lowest BCUT2D eigenvalue weighted by Crippen LogP contribution is -2.64. The third-order valence-electron chi connectivity index (χ3n) is 10.4. The highest BCUT2D eigenvalue weighted by atomic mass is 19.1. The summed E-state index contributed by atoms with van der Waals surface area (Å²) in [5.74, 6) is -4.33. The van der Waals surface area contributed by atoms with Crippen LogP contribution in [-0.2, 0) is 38.2 Å². The van der Waals surface area contributed by atoms with Crippen LogP contribution in [0.2, 0.25) is 0 Å². The zero-order chi connectivity index (χ0) is 32.2. The molecule has 0 aromatic rings. The molecule has 1 heterocycles. The monoisotopic (exact) mass is 624 g/mol. The Labute approximate surface area is 254 Å². The number of esters is 1. The van der Waals surface area contributed by atoms with Gasteiger partial charge in [-0.15, -0.1) is 0 Å². The maximum atomic E-state index is 15.8. The van der Waals surface area contributed by atoms with E-state index in [1.807, 2.05) is 13.8 Å². The fourth-order valence-electron chi connectivity index (χ4n) is 8.87. The van der Waals surface area contributed by atoms with Crippen LogP contribution in [0.5, 0.6) is 0 Å². The van der Waals surface area contributed by atoms with E-state index in [4.69, 9.17) is 24.6 Å². The molecule has 244 valence electrons. The molecule has 44 heavy (non-hydrogen) atoms. The highest BCUT2D eigenvalue weighted by Crippen LogP contribution is 2.70. The molecule has 14 heteroatoms. The number of aliphatic hydroxyl groups excluding tert-OH is 1. The third kappa shape index (κ3) is 5.44. The first-order chi connectivity index (χ1) is 20.5. The highest BCUT2D eigenvalue weighted by Gasteiger charge is 2.77. The summed E-state index contributed by atoms with van der Waals surface area (Å²) in [5.41, 5.74) is -3.06. The van der Waals surface area contributed by atoms with Gasteiger partial charge in [-0.3, -0.25) is 34.4 Å². The van der Waals surface area contributed by atoms with Crippen LogP contribution >= 0.6 is 0 Å². The molecule has 3 saturated carbocycles. The second-order valence-electron chi connectivity index (χ2n) is 13.4. The summed E-state index contributed by atoms with van der Waals surface area (Å²) < 4.78 is 33.7. The molecule has 5 rings (SSSR count). The van der Waals surface area contributed by atoms with Gasteiger partial charge in [0.05, 0.1) is 24.2 Å². The SMILES string of the molecule is CC1(C)O[C@@H]2CC3[C@@H]4CC(F)C5=CC(=O)C=C[C@]5(C)C4[C@@H](O)C[C@]3(C)[C@]2(C(=O)COC(=O)CNC(=O)CCCON(O)O)O1. The Hall–Kier alpha value is -2.59. The number of carbonyl (C=O) groups is 4. The van der Waals surface area contributed by atoms with Crippen molar-refractivity contribution in [1.82, 2.24) is 10.7 Å². The summed E-state index contributed by atoms with van der Waals surface area (Å²) in [6.45, 7) is 5.79. The minimum atomic E-state index is -1.58. The van der Waals surface area contributed by atoms with Gasteiger partial charge in [0.1, 0.15) is 12.7 Å². The van der Waals surface area contributed by atoms with Gasteiger partial charge in [0.25, 0.3) is 0 Å². The van der Waals surface area contributed by atoms with E-state index in [0.717, 1.165) is 0 Å². The van der Waals surface area contributed by atoms with Crippen molar-refractivity contribution in [3.63, 3.8) is 0 Å². The van der Waals surface area contributed by atoms with Gasteiger partial charge in [-0.05, 0) is 69.1 Å². The molecule has 13 nitrogen and oxygen atoms in total. The Morgan fingerprint density at radius 1 is 1.18 bits per heavy atom. The van der Waals surface area contributed by atoms with Crippen molar-refractivity contribution in [3.8, 4) is 0 Å². The molecule has 0 radical (unpaired) electrons. The van der Waals surface area contributed by atoms with E-state index >= 15 is 4.39 Å². The first-order valence-electron chi connectivity index (χ1n) is 15.0. The fourth-order valence-corrected chi connectivity index (χ4v) is 8.87. The molecule has 4 fully saturated rings. The average molecular weight is 625 g/mol. The minimum Gasteiger partial charge on any atom is -0.456 e. The van der Waals surface area contributed by atoms with Crippen LogP contribution in [0.4, 0.5) is 4.39 Å². The predicted octanol–water partition coefficient (Wildman–Crippen LogP) is 1.73. The van der Waals surface area contributed by atoms with Crippen molar-refractivity contribution in [2.75, 3.05) is 19.8 Å². The van der Waals surface area contributed by atoms with Crippen molar-refractivity contribution in [3.05, 3.63) is 23.8 Å². The van der Waals surface area contributed by atoms with Crippen LogP contribution in [0.15, 0.2) is 23.8 Å². The van der Waals surface area contributed by atoms with Crippen LogP contribution in [-0.4, -0.2) is 93.9 Å². The van der Waals surface area contributed by atoms with E-state index in [1.165, 1.54) is 12.2 Å². The Balaban J connectivity index is 1.31. The number of alkyl halides is 1. The Morgan fingerprint density at radius 3 is 2.61 bits per heavy atom. The molecule has 1 saturated heterocycles. The molecule has 1 amide bonds. The molecule has 5 aliphatic rings. The van der Waals surface area contributed by atoms with Gasteiger partial charge in [-0.25, -0.2) is 4.39 Å². The van der Waals surface area contributed by atoms with Gasteiger partial charge in [-0.1, -0.05) is 19.9 Å². The Kier molecular flexibility index (Phi) is 8.68. The number of halogens is 1. The van der Waals surface area contributed by atoms with Gasteiger partial charge < -0.3 is 24.6 Å². The smallest absolute Gasteiger partial charge is 0.325 e. The number of Topliss-reactive ketones (excluding diaryl/α,β-unsaturated/α-hetero) is 1. The summed E-state index contributed by atoms with van der Waals surface area (Å²) in [6.07, 6.45) is 2.11. The molecule has 9 atom stereocenters. The number of amides is 1. The topological polar surface area (TPSA) is 181 Å². The predicted molar refractivity (Wildman–Crippen MR) is 146 cm³/mol. The normalized spacial score (nSPS) is 40.0. The molecule has 0 spiro atoms. The molecule has 0 bridgehead atoms. The molecular formula is C30H41FN2O11. The Morgan fingerprint density at radius 2 is 1.91 bits per heavy atom. The number of hydrogen-bond acceptors (Lipinski definition) is 12. The maximum absolute atomic E-state index is 15.8. The summed E-state index contributed by atoms with van der Waals surface area (Å²) >= 11 is 0. The fraction of sp³-hybridized carbons (Fsp3) is 0.733. The molecule has 4 N–H and O–H groups in total. The molecular weight excluding hydrogens is 583 g/mol. The largest absolute Gasteiger partial charge is 0.456 e. The van der Waals surface area contributed by atoms with Crippen molar-refractivity contribution in [2.45, 2.75) is 89.6 Å². The van der Waals surface area contributed by atoms with E-state index in [2.05, 4.69) is 10.2 Å². The highest BCUT2D eigenvalue weighted by molar-refractivity contribution is 6.01. The molecule has 0 aromatic heterocycles. The number of aliphatic hydroxyl groups is 1. The van der Waals surface area contributed by atoms with Crippen LogP contribution in [0.25, 0.3) is 0 Å². The molecule has 0 aromatic carbocycles. The number of fused-ring (bicyclic) bond motifs is 7. The van der Waals surface area contributed by atoms with Crippen LogP contribution in [0, 0.1) is 28.6 Å². The minimum absolute atomic E-state index is 0.0580. The molecule has 4 aliphatic carbocycles. The van der Waals surface area contributed by atoms with Crippen molar-refractivity contribution in [1.29, 1.82) is 0 Å². The third-order valence-corrected chi connectivity index (χ3v) is 10.4. The number of carbonyl (C=O) groups excluding carboxylic acids is 4. The van der Waals surface area contributed by atoms with Gasteiger partial charge in [0.15, 0.2) is 23.8 Å².